The van der Waals surface area contributed by atoms with E-state index >= 15 is 0 Å². The Morgan fingerprint density at radius 1 is 1.08 bits per heavy atom. The van der Waals surface area contributed by atoms with Crippen LogP contribution in [0.4, 0.5) is 8.78 Å². The fourth-order valence-corrected chi connectivity index (χ4v) is 2.25. The standard InChI is InChI=1S/C17H16BrF2NO3/c1-11(12-2-6-15(7-3-12)24-17(19)20)21-16(22)10-23-14-8-4-13(18)5-9-14/h2-9,11,17H,10H2,1H3,(H,21,22). The normalized spacial score (nSPS) is 11.9. The molecule has 2 aromatic rings. The number of halogens is 3. The van der Waals surface area contributed by atoms with E-state index in [9.17, 15) is 13.6 Å². The topological polar surface area (TPSA) is 47.6 Å². The predicted octanol–water partition coefficient (Wildman–Crippen LogP) is 4.31. The van der Waals surface area contributed by atoms with E-state index in [-0.39, 0.29) is 24.3 Å². The number of rotatable bonds is 7. The Morgan fingerprint density at radius 2 is 1.67 bits per heavy atom. The van der Waals surface area contributed by atoms with E-state index in [1.807, 2.05) is 12.1 Å². The van der Waals surface area contributed by atoms with Crippen LogP contribution in [0.15, 0.2) is 53.0 Å². The molecule has 0 radical (unpaired) electrons. The van der Waals surface area contributed by atoms with Crippen molar-refractivity contribution in [1.82, 2.24) is 5.32 Å². The van der Waals surface area contributed by atoms with Gasteiger partial charge in [0.05, 0.1) is 6.04 Å². The van der Waals surface area contributed by atoms with Crippen LogP contribution in [0.1, 0.15) is 18.5 Å². The van der Waals surface area contributed by atoms with Gasteiger partial charge in [-0.15, -0.1) is 0 Å². The summed E-state index contributed by atoms with van der Waals surface area (Å²) in [5.41, 5.74) is 0.772. The van der Waals surface area contributed by atoms with Gasteiger partial charge in [-0.25, -0.2) is 0 Å². The van der Waals surface area contributed by atoms with Gasteiger partial charge < -0.3 is 14.8 Å². The molecule has 1 amide bonds. The zero-order valence-corrected chi connectivity index (χ0v) is 14.4. The van der Waals surface area contributed by atoms with Crippen molar-refractivity contribution >= 4 is 21.8 Å². The molecule has 0 aliphatic heterocycles. The van der Waals surface area contributed by atoms with Gasteiger partial charge in [-0.1, -0.05) is 28.1 Å². The largest absolute Gasteiger partial charge is 0.484 e. The van der Waals surface area contributed by atoms with Gasteiger partial charge in [0.1, 0.15) is 11.5 Å². The summed E-state index contributed by atoms with van der Waals surface area (Å²) in [6.07, 6.45) is 0. The van der Waals surface area contributed by atoms with Crippen LogP contribution in [0.3, 0.4) is 0 Å². The second kappa shape index (κ2) is 8.63. The fourth-order valence-electron chi connectivity index (χ4n) is 1.98. The summed E-state index contributed by atoms with van der Waals surface area (Å²) >= 11 is 3.32. The Hall–Kier alpha value is -2.15. The Balaban J connectivity index is 1.83. The first-order chi connectivity index (χ1) is 11.4. The van der Waals surface area contributed by atoms with Gasteiger partial charge in [0.2, 0.25) is 0 Å². The maximum atomic E-state index is 12.1. The highest BCUT2D eigenvalue weighted by Crippen LogP contribution is 2.19. The lowest BCUT2D eigenvalue weighted by molar-refractivity contribution is -0.123. The summed E-state index contributed by atoms with van der Waals surface area (Å²) < 4.78 is 34.8. The van der Waals surface area contributed by atoms with Crippen LogP contribution in [-0.2, 0) is 4.79 Å². The maximum absolute atomic E-state index is 12.1. The van der Waals surface area contributed by atoms with Crippen molar-refractivity contribution in [3.63, 3.8) is 0 Å². The lowest BCUT2D eigenvalue weighted by atomic mass is 10.1. The Kier molecular flexibility index (Phi) is 6.54. The molecule has 128 valence electrons. The molecule has 24 heavy (non-hydrogen) atoms. The second-order valence-corrected chi connectivity index (χ2v) is 5.90. The van der Waals surface area contributed by atoms with E-state index < -0.39 is 6.61 Å². The van der Waals surface area contributed by atoms with Crippen LogP contribution in [-0.4, -0.2) is 19.1 Å². The third-order valence-electron chi connectivity index (χ3n) is 3.17. The number of benzene rings is 2. The summed E-state index contributed by atoms with van der Waals surface area (Å²) in [5, 5.41) is 2.78. The monoisotopic (exact) mass is 399 g/mol. The molecule has 2 rings (SSSR count). The molecule has 1 N–H and O–H groups in total. The minimum atomic E-state index is -2.86. The van der Waals surface area contributed by atoms with Crippen LogP contribution in [0.25, 0.3) is 0 Å². The van der Waals surface area contributed by atoms with Crippen LogP contribution in [0.2, 0.25) is 0 Å². The molecule has 0 heterocycles. The quantitative estimate of drug-likeness (QED) is 0.754. The molecule has 0 saturated heterocycles. The fraction of sp³-hybridized carbons (Fsp3) is 0.235. The summed E-state index contributed by atoms with van der Waals surface area (Å²) in [5.74, 6) is 0.388. The van der Waals surface area contributed by atoms with Crippen molar-refractivity contribution in [2.24, 2.45) is 0 Å². The molecule has 1 atom stereocenters. The van der Waals surface area contributed by atoms with Gasteiger partial charge in [0.25, 0.3) is 5.91 Å². The molecule has 0 bridgehead atoms. The first-order valence-corrected chi connectivity index (χ1v) is 7.96. The van der Waals surface area contributed by atoms with Crippen LogP contribution < -0.4 is 14.8 Å². The van der Waals surface area contributed by atoms with Gasteiger partial charge in [0, 0.05) is 4.47 Å². The second-order valence-electron chi connectivity index (χ2n) is 4.98. The highest BCUT2D eigenvalue weighted by Gasteiger charge is 2.11. The first-order valence-electron chi connectivity index (χ1n) is 7.16. The van der Waals surface area contributed by atoms with E-state index in [2.05, 4.69) is 26.0 Å². The molecule has 0 aromatic heterocycles. The average molecular weight is 400 g/mol. The van der Waals surface area contributed by atoms with E-state index in [0.29, 0.717) is 5.75 Å². The summed E-state index contributed by atoms with van der Waals surface area (Å²) in [7, 11) is 0. The molecule has 0 saturated carbocycles. The average Bonchev–Trinajstić information content (AvgIpc) is 2.54. The molecule has 0 aliphatic rings. The lowest BCUT2D eigenvalue weighted by Crippen LogP contribution is -2.31. The van der Waals surface area contributed by atoms with E-state index in [4.69, 9.17) is 4.74 Å². The number of hydrogen-bond acceptors (Lipinski definition) is 3. The van der Waals surface area contributed by atoms with Crippen molar-refractivity contribution in [2.45, 2.75) is 19.6 Å². The third-order valence-corrected chi connectivity index (χ3v) is 3.69. The first kappa shape index (κ1) is 18.2. The van der Waals surface area contributed by atoms with Gasteiger partial charge in [0.15, 0.2) is 6.61 Å². The summed E-state index contributed by atoms with van der Waals surface area (Å²) in [6, 6.07) is 13.0. The van der Waals surface area contributed by atoms with Crippen molar-refractivity contribution < 1.29 is 23.0 Å². The Bertz CT molecular complexity index is 663. The predicted molar refractivity (Wildman–Crippen MR) is 89.3 cm³/mol. The van der Waals surface area contributed by atoms with Crippen LogP contribution in [0.5, 0.6) is 11.5 Å². The van der Waals surface area contributed by atoms with Crippen molar-refractivity contribution in [2.75, 3.05) is 6.61 Å². The summed E-state index contributed by atoms with van der Waals surface area (Å²) in [6.45, 7) is -1.18. The van der Waals surface area contributed by atoms with E-state index in [0.717, 1.165) is 10.0 Å². The number of ether oxygens (including phenoxy) is 2. The zero-order chi connectivity index (χ0) is 17.5. The number of carbonyl (C=O) groups excluding carboxylic acids is 1. The minimum Gasteiger partial charge on any atom is -0.484 e. The molecule has 0 fully saturated rings. The molecular formula is C17H16BrF2NO3. The van der Waals surface area contributed by atoms with Gasteiger partial charge in [-0.3, -0.25) is 4.79 Å². The van der Waals surface area contributed by atoms with E-state index in [1.165, 1.54) is 12.1 Å². The van der Waals surface area contributed by atoms with E-state index in [1.54, 1.807) is 31.2 Å². The van der Waals surface area contributed by atoms with Crippen molar-refractivity contribution in [3.8, 4) is 11.5 Å². The lowest BCUT2D eigenvalue weighted by Gasteiger charge is -2.15. The molecule has 1 unspecified atom stereocenters. The highest BCUT2D eigenvalue weighted by molar-refractivity contribution is 9.10. The SMILES string of the molecule is CC(NC(=O)COc1ccc(Br)cc1)c1ccc(OC(F)F)cc1. The summed E-state index contributed by atoms with van der Waals surface area (Å²) in [4.78, 5) is 11.9. The number of alkyl halides is 2. The highest BCUT2D eigenvalue weighted by atomic mass is 79.9. The number of carbonyl (C=O) groups is 1. The van der Waals surface area contributed by atoms with Crippen LogP contribution in [0, 0.1) is 0 Å². The molecule has 4 nitrogen and oxygen atoms in total. The molecular weight excluding hydrogens is 384 g/mol. The van der Waals surface area contributed by atoms with Crippen molar-refractivity contribution in [3.05, 3.63) is 58.6 Å². The molecule has 0 aliphatic carbocycles. The molecule has 7 heteroatoms. The Labute approximate surface area is 146 Å². The van der Waals surface area contributed by atoms with Gasteiger partial charge in [-0.2, -0.15) is 8.78 Å². The minimum absolute atomic E-state index is 0.0749. The maximum Gasteiger partial charge on any atom is 0.387 e. The number of nitrogens with one attached hydrogen (secondary N) is 1. The van der Waals surface area contributed by atoms with Gasteiger partial charge >= 0.3 is 6.61 Å². The van der Waals surface area contributed by atoms with Gasteiger partial charge in [-0.05, 0) is 48.9 Å². The third kappa shape index (κ3) is 5.81. The van der Waals surface area contributed by atoms with Crippen LogP contribution >= 0.6 is 15.9 Å². The Morgan fingerprint density at radius 3 is 2.25 bits per heavy atom. The molecule has 2 aromatic carbocycles. The zero-order valence-electron chi connectivity index (χ0n) is 12.8. The smallest absolute Gasteiger partial charge is 0.387 e. The number of amides is 1. The number of hydrogen-bond donors (Lipinski definition) is 1. The van der Waals surface area contributed by atoms with Crippen molar-refractivity contribution in [1.29, 1.82) is 0 Å². The molecule has 0 spiro atoms.